The van der Waals surface area contributed by atoms with Gasteiger partial charge in [-0.1, -0.05) is 18.2 Å². The molecule has 130 valence electrons. The van der Waals surface area contributed by atoms with Crippen LogP contribution in [0, 0.1) is 0 Å². The Hall–Kier alpha value is -2.71. The minimum absolute atomic E-state index is 0.0523. The monoisotopic (exact) mass is 428 g/mol. The van der Waals surface area contributed by atoms with Crippen LogP contribution in [0.15, 0.2) is 82.6 Å². The number of fused-ring (bicyclic) bond motifs is 1. The average Bonchev–Trinajstić information content (AvgIpc) is 3.16. The Morgan fingerprint density at radius 1 is 0.923 bits per heavy atom. The first-order valence-electron chi connectivity index (χ1n) is 7.72. The van der Waals surface area contributed by atoms with Gasteiger partial charge in [-0.2, -0.15) is 13.5 Å². The fourth-order valence-corrected chi connectivity index (χ4v) is 4.46. The third-order valence-electron chi connectivity index (χ3n) is 3.85. The van der Waals surface area contributed by atoms with Crippen LogP contribution in [0.4, 0.5) is 5.69 Å². The van der Waals surface area contributed by atoms with Crippen LogP contribution in [0.2, 0.25) is 0 Å². The zero-order valence-corrected chi connectivity index (χ0v) is 15.8. The normalized spacial score (nSPS) is 11.6. The van der Waals surface area contributed by atoms with E-state index in [4.69, 9.17) is 0 Å². The number of halogens is 1. The second kappa shape index (κ2) is 6.54. The minimum atomic E-state index is -3.87. The average molecular weight is 429 g/mol. The number of sulfonamides is 1. The van der Waals surface area contributed by atoms with Crippen molar-refractivity contribution in [2.75, 3.05) is 4.72 Å². The van der Waals surface area contributed by atoms with Crippen LogP contribution in [0.1, 0.15) is 0 Å². The summed E-state index contributed by atoms with van der Waals surface area (Å²) in [5, 5.41) is 4.91. The van der Waals surface area contributed by atoms with Gasteiger partial charge >= 0.3 is 0 Å². The second-order valence-electron chi connectivity index (χ2n) is 5.51. The molecular formula is C18H13BrN4O2S. The number of aromatic nitrogens is 3. The predicted octanol–water partition coefficient (Wildman–Crippen LogP) is 3.98. The molecule has 1 N–H and O–H groups in total. The summed E-state index contributed by atoms with van der Waals surface area (Å²) in [5.74, 6) is 0. The van der Waals surface area contributed by atoms with Crippen LogP contribution in [0.5, 0.6) is 0 Å². The Morgan fingerprint density at radius 2 is 1.73 bits per heavy atom. The van der Waals surface area contributed by atoms with E-state index in [1.54, 1.807) is 30.5 Å². The van der Waals surface area contributed by atoms with Crippen LogP contribution in [-0.4, -0.2) is 23.2 Å². The number of hydrogen-bond donors (Lipinski definition) is 1. The van der Waals surface area contributed by atoms with Crippen molar-refractivity contribution in [3.63, 3.8) is 0 Å². The maximum atomic E-state index is 13.0. The summed E-state index contributed by atoms with van der Waals surface area (Å²) < 4.78 is 30.8. The summed E-state index contributed by atoms with van der Waals surface area (Å²) in [7, 11) is -3.87. The number of pyridine rings is 1. The van der Waals surface area contributed by atoms with Crippen molar-refractivity contribution in [3.05, 3.63) is 77.5 Å². The molecule has 4 aromatic rings. The van der Waals surface area contributed by atoms with Gasteiger partial charge in [-0.3, -0.25) is 9.71 Å². The van der Waals surface area contributed by atoms with E-state index in [0.717, 1.165) is 0 Å². The lowest BCUT2D eigenvalue weighted by Gasteiger charge is -2.13. The third kappa shape index (κ3) is 2.97. The number of nitrogens with zero attached hydrogens (tertiary/aromatic N) is 3. The van der Waals surface area contributed by atoms with Gasteiger partial charge in [-0.25, -0.2) is 4.68 Å². The van der Waals surface area contributed by atoms with Crippen molar-refractivity contribution in [2.24, 2.45) is 0 Å². The van der Waals surface area contributed by atoms with E-state index >= 15 is 0 Å². The van der Waals surface area contributed by atoms with Gasteiger partial charge < -0.3 is 0 Å². The highest BCUT2D eigenvalue weighted by molar-refractivity contribution is 9.10. The lowest BCUT2D eigenvalue weighted by atomic mass is 10.2. The van der Waals surface area contributed by atoms with Crippen molar-refractivity contribution >= 4 is 42.5 Å². The van der Waals surface area contributed by atoms with E-state index in [2.05, 4.69) is 30.7 Å². The molecule has 4 rings (SSSR count). The van der Waals surface area contributed by atoms with Crippen LogP contribution in [-0.2, 0) is 10.0 Å². The smallest absolute Gasteiger partial charge is 0.277 e. The fourth-order valence-electron chi connectivity index (χ4n) is 2.67. The van der Waals surface area contributed by atoms with Crippen molar-refractivity contribution in [3.8, 4) is 5.69 Å². The molecule has 0 bridgehead atoms. The molecule has 2 aromatic heterocycles. The lowest BCUT2D eigenvalue weighted by Crippen LogP contribution is -2.18. The first kappa shape index (κ1) is 16.7. The number of para-hydroxylation sites is 1. The molecule has 6 nitrogen and oxygen atoms in total. The Morgan fingerprint density at radius 3 is 2.54 bits per heavy atom. The van der Waals surface area contributed by atoms with Crippen LogP contribution in [0.25, 0.3) is 16.6 Å². The third-order valence-corrected chi connectivity index (χ3v) is 5.85. The topological polar surface area (TPSA) is 76.9 Å². The van der Waals surface area contributed by atoms with Crippen molar-refractivity contribution < 1.29 is 8.42 Å². The maximum absolute atomic E-state index is 13.0. The number of benzene rings is 2. The highest BCUT2D eigenvalue weighted by atomic mass is 79.9. The summed E-state index contributed by atoms with van der Waals surface area (Å²) >= 11 is 3.42. The Bertz CT molecular complexity index is 1190. The highest BCUT2D eigenvalue weighted by Crippen LogP contribution is 2.32. The molecule has 0 aliphatic carbocycles. The lowest BCUT2D eigenvalue weighted by molar-refractivity contribution is 0.591. The van der Waals surface area contributed by atoms with Crippen LogP contribution in [0.3, 0.4) is 0 Å². The van der Waals surface area contributed by atoms with Gasteiger partial charge in [0.15, 0.2) is 5.03 Å². The van der Waals surface area contributed by atoms with Gasteiger partial charge in [0, 0.05) is 16.1 Å². The minimum Gasteiger partial charge on any atom is -0.277 e. The van der Waals surface area contributed by atoms with Gasteiger partial charge in [0.2, 0.25) is 0 Å². The number of hydrogen-bond acceptors (Lipinski definition) is 4. The molecule has 0 aliphatic rings. The van der Waals surface area contributed by atoms with E-state index in [0.29, 0.717) is 26.8 Å². The van der Waals surface area contributed by atoms with E-state index in [1.165, 1.54) is 16.9 Å². The van der Waals surface area contributed by atoms with Gasteiger partial charge in [0.05, 0.1) is 23.1 Å². The molecule has 0 radical (unpaired) electrons. The zero-order chi connectivity index (χ0) is 18.1. The first-order chi connectivity index (χ1) is 12.6. The molecule has 0 atom stereocenters. The van der Waals surface area contributed by atoms with Gasteiger partial charge in [-0.05, 0) is 58.4 Å². The molecule has 0 aliphatic heterocycles. The molecule has 26 heavy (non-hydrogen) atoms. The molecular weight excluding hydrogens is 416 g/mol. The van der Waals surface area contributed by atoms with E-state index in [-0.39, 0.29) is 5.03 Å². The molecule has 8 heteroatoms. The van der Waals surface area contributed by atoms with Crippen molar-refractivity contribution in [1.29, 1.82) is 0 Å². The molecule has 0 spiro atoms. The Kier molecular flexibility index (Phi) is 4.21. The summed E-state index contributed by atoms with van der Waals surface area (Å²) in [6, 6.07) is 17.7. The molecule has 0 fully saturated rings. The van der Waals surface area contributed by atoms with Gasteiger partial charge in [0.25, 0.3) is 10.0 Å². The number of nitrogens with one attached hydrogen (secondary N) is 1. The molecule has 0 saturated heterocycles. The molecule has 0 saturated carbocycles. The molecule has 2 heterocycles. The summed E-state index contributed by atoms with van der Waals surface area (Å²) in [5.41, 5.74) is 1.80. The van der Waals surface area contributed by atoms with Crippen LogP contribution >= 0.6 is 15.9 Å². The van der Waals surface area contributed by atoms with Crippen molar-refractivity contribution in [1.82, 2.24) is 14.8 Å². The second-order valence-corrected chi connectivity index (χ2v) is 8.00. The molecule has 0 amide bonds. The predicted molar refractivity (Wildman–Crippen MR) is 104 cm³/mol. The van der Waals surface area contributed by atoms with Crippen molar-refractivity contribution in [2.45, 2.75) is 5.03 Å². The highest BCUT2D eigenvalue weighted by Gasteiger charge is 2.22. The van der Waals surface area contributed by atoms with Crippen LogP contribution < -0.4 is 4.72 Å². The van der Waals surface area contributed by atoms with E-state index in [9.17, 15) is 8.42 Å². The Balaban J connectivity index is 1.81. The number of rotatable bonds is 4. The largest absolute Gasteiger partial charge is 0.279 e. The summed E-state index contributed by atoms with van der Waals surface area (Å²) in [6.45, 7) is 0. The van der Waals surface area contributed by atoms with Gasteiger partial charge in [0.1, 0.15) is 0 Å². The maximum Gasteiger partial charge on any atom is 0.279 e. The zero-order valence-electron chi connectivity index (χ0n) is 13.4. The SMILES string of the molecule is O=S(=O)(Nc1c(Br)ccc2ncccc12)c1ccnn1-c1ccccc1. The van der Waals surface area contributed by atoms with E-state index in [1.807, 2.05) is 30.3 Å². The summed E-state index contributed by atoms with van der Waals surface area (Å²) in [4.78, 5) is 4.27. The first-order valence-corrected chi connectivity index (χ1v) is 9.99. The Labute approximate surface area is 158 Å². The summed E-state index contributed by atoms with van der Waals surface area (Å²) in [6.07, 6.45) is 3.13. The van der Waals surface area contributed by atoms with Gasteiger partial charge in [-0.15, -0.1) is 0 Å². The number of anilines is 1. The standard InChI is InChI=1S/C18H13BrN4O2S/c19-15-8-9-16-14(7-4-11-20-16)18(15)22-26(24,25)17-10-12-21-23(17)13-5-2-1-3-6-13/h1-12,22H. The van der Waals surface area contributed by atoms with E-state index < -0.39 is 10.0 Å². The molecule has 2 aromatic carbocycles. The molecule has 0 unspecified atom stereocenters. The fraction of sp³-hybridized carbons (Fsp3) is 0. The quantitative estimate of drug-likeness (QED) is 0.533.